The molecule has 0 saturated carbocycles. The van der Waals surface area contributed by atoms with E-state index in [0.717, 1.165) is 0 Å². The lowest BCUT2D eigenvalue weighted by atomic mass is 10.1. The number of ether oxygens (including phenoxy) is 1. The van der Waals surface area contributed by atoms with Gasteiger partial charge < -0.3 is 15.2 Å². The van der Waals surface area contributed by atoms with Crippen LogP contribution in [0, 0.1) is 0 Å². The standard InChI is InChI=1S/C15H14ClNO3/c1-20-14-7-6-11(16)8-12(14)15(19)17-9-10-4-2-3-5-13(10)18/h2-8,18H,9H2,1H3,(H,17,19). The quantitative estimate of drug-likeness (QED) is 0.910. The Labute approximate surface area is 122 Å². The molecule has 0 aromatic heterocycles. The fraction of sp³-hybridized carbons (Fsp3) is 0.133. The second kappa shape index (κ2) is 6.30. The molecule has 0 radical (unpaired) electrons. The highest BCUT2D eigenvalue weighted by molar-refractivity contribution is 6.31. The van der Waals surface area contributed by atoms with Gasteiger partial charge in [-0.1, -0.05) is 29.8 Å². The molecular formula is C15H14ClNO3. The SMILES string of the molecule is COc1ccc(Cl)cc1C(=O)NCc1ccccc1O. The van der Waals surface area contributed by atoms with Crippen LogP contribution in [-0.4, -0.2) is 18.1 Å². The number of halogens is 1. The van der Waals surface area contributed by atoms with Gasteiger partial charge in [-0.3, -0.25) is 4.79 Å². The van der Waals surface area contributed by atoms with Crippen molar-refractivity contribution in [1.29, 1.82) is 0 Å². The molecule has 0 aliphatic carbocycles. The molecule has 0 fully saturated rings. The molecule has 2 aromatic carbocycles. The van der Waals surface area contributed by atoms with Crippen molar-refractivity contribution in [1.82, 2.24) is 5.32 Å². The van der Waals surface area contributed by atoms with Crippen molar-refractivity contribution in [3.05, 3.63) is 58.6 Å². The summed E-state index contributed by atoms with van der Waals surface area (Å²) >= 11 is 5.88. The predicted octanol–water partition coefficient (Wildman–Crippen LogP) is 2.98. The molecule has 0 bridgehead atoms. The summed E-state index contributed by atoms with van der Waals surface area (Å²) in [7, 11) is 1.49. The molecule has 0 heterocycles. The highest BCUT2D eigenvalue weighted by Crippen LogP contribution is 2.23. The van der Waals surface area contributed by atoms with Gasteiger partial charge in [0.25, 0.3) is 5.91 Å². The molecule has 2 rings (SSSR count). The summed E-state index contributed by atoms with van der Waals surface area (Å²) < 4.78 is 5.13. The molecule has 0 atom stereocenters. The van der Waals surface area contributed by atoms with Crippen molar-refractivity contribution >= 4 is 17.5 Å². The van der Waals surface area contributed by atoms with E-state index in [2.05, 4.69) is 5.32 Å². The lowest BCUT2D eigenvalue weighted by molar-refractivity contribution is 0.0947. The maximum absolute atomic E-state index is 12.1. The van der Waals surface area contributed by atoms with Gasteiger partial charge in [-0.05, 0) is 24.3 Å². The predicted molar refractivity (Wildman–Crippen MR) is 77.3 cm³/mol. The third kappa shape index (κ3) is 3.22. The molecule has 5 heteroatoms. The first-order chi connectivity index (χ1) is 9.61. The smallest absolute Gasteiger partial charge is 0.255 e. The highest BCUT2D eigenvalue weighted by atomic mass is 35.5. The van der Waals surface area contributed by atoms with E-state index < -0.39 is 0 Å². The van der Waals surface area contributed by atoms with Crippen LogP contribution in [0.4, 0.5) is 0 Å². The topological polar surface area (TPSA) is 58.6 Å². The van der Waals surface area contributed by atoms with Gasteiger partial charge in [-0.15, -0.1) is 0 Å². The van der Waals surface area contributed by atoms with Crippen molar-refractivity contribution in [2.45, 2.75) is 6.54 Å². The van der Waals surface area contributed by atoms with Crippen LogP contribution in [0.3, 0.4) is 0 Å². The van der Waals surface area contributed by atoms with Crippen molar-refractivity contribution in [3.8, 4) is 11.5 Å². The molecule has 104 valence electrons. The number of hydrogen-bond acceptors (Lipinski definition) is 3. The molecule has 2 aromatic rings. The monoisotopic (exact) mass is 291 g/mol. The number of benzene rings is 2. The first kappa shape index (κ1) is 14.2. The maximum Gasteiger partial charge on any atom is 0.255 e. The van der Waals surface area contributed by atoms with E-state index in [4.69, 9.17) is 16.3 Å². The number of hydrogen-bond donors (Lipinski definition) is 2. The van der Waals surface area contributed by atoms with Crippen molar-refractivity contribution in [3.63, 3.8) is 0 Å². The van der Waals surface area contributed by atoms with Crippen LogP contribution in [0.5, 0.6) is 11.5 Å². The lowest BCUT2D eigenvalue weighted by Crippen LogP contribution is -2.23. The van der Waals surface area contributed by atoms with E-state index in [1.54, 1.807) is 42.5 Å². The van der Waals surface area contributed by atoms with Gasteiger partial charge in [0.2, 0.25) is 0 Å². The maximum atomic E-state index is 12.1. The molecule has 0 spiro atoms. The minimum Gasteiger partial charge on any atom is -0.508 e. The molecule has 20 heavy (non-hydrogen) atoms. The summed E-state index contributed by atoms with van der Waals surface area (Å²) in [5.41, 5.74) is 0.997. The second-order valence-corrected chi connectivity index (χ2v) is 4.59. The first-order valence-corrected chi connectivity index (χ1v) is 6.38. The minimum absolute atomic E-state index is 0.144. The number of carbonyl (C=O) groups excluding carboxylic acids is 1. The number of rotatable bonds is 4. The van der Waals surface area contributed by atoms with Crippen LogP contribution in [0.15, 0.2) is 42.5 Å². The molecule has 0 saturated heterocycles. The Morgan fingerprint density at radius 2 is 2.05 bits per heavy atom. The molecule has 1 amide bonds. The van der Waals surface area contributed by atoms with E-state index in [1.807, 2.05) is 0 Å². The largest absolute Gasteiger partial charge is 0.508 e. The van der Waals surface area contributed by atoms with E-state index in [0.29, 0.717) is 21.9 Å². The number of nitrogens with one attached hydrogen (secondary N) is 1. The number of phenolic OH excluding ortho intramolecular Hbond substituents is 1. The van der Waals surface area contributed by atoms with Gasteiger partial charge >= 0.3 is 0 Å². The van der Waals surface area contributed by atoms with Gasteiger partial charge in [0.15, 0.2) is 0 Å². The fourth-order valence-corrected chi connectivity index (χ4v) is 1.96. The molecule has 0 unspecified atom stereocenters. The molecule has 2 N–H and O–H groups in total. The summed E-state index contributed by atoms with van der Waals surface area (Å²) in [4.78, 5) is 12.1. The Balaban J connectivity index is 2.13. The summed E-state index contributed by atoms with van der Waals surface area (Å²) in [5, 5.41) is 12.8. The summed E-state index contributed by atoms with van der Waals surface area (Å²) in [5.74, 6) is 0.280. The van der Waals surface area contributed by atoms with Crippen molar-refractivity contribution in [2.24, 2.45) is 0 Å². The highest BCUT2D eigenvalue weighted by Gasteiger charge is 2.13. The Morgan fingerprint density at radius 1 is 1.30 bits per heavy atom. The summed E-state index contributed by atoms with van der Waals surface area (Å²) in [6.07, 6.45) is 0. The van der Waals surface area contributed by atoms with E-state index in [1.165, 1.54) is 7.11 Å². The zero-order chi connectivity index (χ0) is 14.5. The minimum atomic E-state index is -0.312. The van der Waals surface area contributed by atoms with Crippen LogP contribution < -0.4 is 10.1 Å². The number of aromatic hydroxyl groups is 1. The number of para-hydroxylation sites is 1. The Morgan fingerprint density at radius 3 is 2.75 bits per heavy atom. The normalized spacial score (nSPS) is 10.1. The third-order valence-corrected chi connectivity index (χ3v) is 3.07. The summed E-state index contributed by atoms with van der Waals surface area (Å²) in [6, 6.07) is 11.7. The number of amides is 1. The van der Waals surface area contributed by atoms with Gasteiger partial charge in [-0.25, -0.2) is 0 Å². The fourth-order valence-electron chi connectivity index (χ4n) is 1.79. The van der Waals surface area contributed by atoms with E-state index in [-0.39, 0.29) is 18.2 Å². The van der Waals surface area contributed by atoms with Crippen LogP contribution in [0.25, 0.3) is 0 Å². The lowest BCUT2D eigenvalue weighted by Gasteiger charge is -2.10. The average Bonchev–Trinajstić information content (AvgIpc) is 2.46. The Bertz CT molecular complexity index is 628. The summed E-state index contributed by atoms with van der Waals surface area (Å²) in [6.45, 7) is 0.223. The van der Waals surface area contributed by atoms with Gasteiger partial charge in [0, 0.05) is 17.1 Å². The average molecular weight is 292 g/mol. The first-order valence-electron chi connectivity index (χ1n) is 6.00. The third-order valence-electron chi connectivity index (χ3n) is 2.84. The Kier molecular flexibility index (Phi) is 4.48. The van der Waals surface area contributed by atoms with Crippen LogP contribution >= 0.6 is 11.6 Å². The molecule has 0 aliphatic rings. The second-order valence-electron chi connectivity index (χ2n) is 4.16. The van der Waals surface area contributed by atoms with E-state index >= 15 is 0 Å². The number of phenols is 1. The van der Waals surface area contributed by atoms with Crippen molar-refractivity contribution in [2.75, 3.05) is 7.11 Å². The number of carbonyl (C=O) groups is 1. The van der Waals surface area contributed by atoms with Crippen molar-refractivity contribution < 1.29 is 14.6 Å². The van der Waals surface area contributed by atoms with Gasteiger partial charge in [0.1, 0.15) is 11.5 Å². The molecule has 4 nitrogen and oxygen atoms in total. The zero-order valence-electron chi connectivity index (χ0n) is 10.9. The van der Waals surface area contributed by atoms with Gasteiger partial charge in [-0.2, -0.15) is 0 Å². The number of methoxy groups -OCH3 is 1. The van der Waals surface area contributed by atoms with E-state index in [9.17, 15) is 9.90 Å². The van der Waals surface area contributed by atoms with Crippen LogP contribution in [0.1, 0.15) is 15.9 Å². The molecule has 0 aliphatic heterocycles. The van der Waals surface area contributed by atoms with Crippen LogP contribution in [-0.2, 0) is 6.54 Å². The molecular weight excluding hydrogens is 278 g/mol. The zero-order valence-corrected chi connectivity index (χ0v) is 11.6. The Hall–Kier alpha value is -2.20. The van der Waals surface area contributed by atoms with Gasteiger partial charge in [0.05, 0.1) is 12.7 Å². The van der Waals surface area contributed by atoms with Crippen LogP contribution in [0.2, 0.25) is 5.02 Å².